The molecule has 0 saturated carbocycles. The third-order valence-corrected chi connectivity index (χ3v) is 4.57. The van der Waals surface area contributed by atoms with Crippen LogP contribution in [-0.4, -0.2) is 52.0 Å². The summed E-state index contributed by atoms with van der Waals surface area (Å²) in [6, 6.07) is 9.96. The number of aromatic nitrogens is 4. The maximum Gasteiger partial charge on any atom is 0.217 e. The minimum Gasteiger partial charge on any atom is -0.497 e. The number of rotatable bonds is 4. The molecule has 0 spiro atoms. The number of amides is 1. The van der Waals surface area contributed by atoms with Crippen LogP contribution in [0, 0.1) is 0 Å². The molecule has 26 heavy (non-hydrogen) atoms. The molecular weight excluding hydrogens is 332 g/mol. The fraction of sp³-hybridized carbons (Fsp3) is 0.333. The minimum atomic E-state index is -0.00174. The number of hydrogen-bond donors (Lipinski definition) is 1. The molecule has 1 N–H and O–H groups in total. The molecule has 1 saturated heterocycles. The fourth-order valence-corrected chi connectivity index (χ4v) is 3.33. The van der Waals surface area contributed by atoms with Crippen LogP contribution < -0.4 is 15.0 Å². The molecule has 0 aliphatic carbocycles. The second kappa shape index (κ2) is 6.62. The molecule has 4 rings (SSSR count). The van der Waals surface area contributed by atoms with Gasteiger partial charge in [0.2, 0.25) is 11.6 Å². The number of nitrogens with one attached hydrogen (secondary N) is 1. The van der Waals surface area contributed by atoms with E-state index in [1.807, 2.05) is 30.3 Å². The summed E-state index contributed by atoms with van der Waals surface area (Å²) in [6.07, 6.45) is 2.51. The van der Waals surface area contributed by atoms with Crippen molar-refractivity contribution in [3.63, 3.8) is 0 Å². The van der Waals surface area contributed by atoms with E-state index in [1.165, 1.54) is 0 Å². The van der Waals surface area contributed by atoms with Gasteiger partial charge in [-0.05, 0) is 36.8 Å². The Balaban J connectivity index is 1.70. The number of hydrogen-bond acceptors (Lipinski definition) is 6. The lowest BCUT2D eigenvalue weighted by molar-refractivity contribution is -0.119. The van der Waals surface area contributed by atoms with Crippen molar-refractivity contribution < 1.29 is 9.53 Å². The number of fused-ring (bicyclic) bond motifs is 1. The van der Waals surface area contributed by atoms with Gasteiger partial charge in [0.1, 0.15) is 12.1 Å². The van der Waals surface area contributed by atoms with Crippen molar-refractivity contribution in [3.8, 4) is 17.0 Å². The van der Waals surface area contributed by atoms with Crippen molar-refractivity contribution in [2.75, 3.05) is 25.1 Å². The second-order valence-corrected chi connectivity index (χ2v) is 6.37. The third kappa shape index (κ3) is 3.05. The molecule has 1 aliphatic rings. The molecule has 2 aromatic heterocycles. The van der Waals surface area contributed by atoms with Crippen LogP contribution in [0.25, 0.3) is 16.9 Å². The first-order valence-corrected chi connectivity index (χ1v) is 8.51. The Morgan fingerprint density at radius 3 is 2.85 bits per heavy atom. The zero-order valence-corrected chi connectivity index (χ0v) is 14.7. The highest BCUT2D eigenvalue weighted by Gasteiger charge is 2.26. The van der Waals surface area contributed by atoms with E-state index in [-0.39, 0.29) is 11.9 Å². The minimum absolute atomic E-state index is 0.00174. The molecule has 1 amide bonds. The molecule has 1 aliphatic heterocycles. The van der Waals surface area contributed by atoms with Gasteiger partial charge in [0.15, 0.2) is 0 Å². The molecule has 1 unspecified atom stereocenters. The number of anilines is 1. The molecule has 1 aromatic carbocycles. The Bertz CT molecular complexity index is 937. The summed E-state index contributed by atoms with van der Waals surface area (Å²) in [5.74, 6) is 0.801. The van der Waals surface area contributed by atoms with Crippen LogP contribution in [0.3, 0.4) is 0 Å². The zero-order valence-electron chi connectivity index (χ0n) is 14.7. The van der Waals surface area contributed by atoms with Gasteiger partial charge in [0.25, 0.3) is 0 Å². The summed E-state index contributed by atoms with van der Waals surface area (Å²) in [6.45, 7) is 3.14. The van der Waals surface area contributed by atoms with Gasteiger partial charge in [-0.1, -0.05) is 0 Å². The van der Waals surface area contributed by atoms with Gasteiger partial charge in [-0.15, -0.1) is 10.2 Å². The summed E-state index contributed by atoms with van der Waals surface area (Å²) in [4.78, 5) is 13.6. The highest BCUT2D eigenvalue weighted by molar-refractivity contribution is 5.76. The normalized spacial score (nSPS) is 16.8. The Hall–Kier alpha value is -3.16. The molecule has 3 heterocycles. The molecule has 0 bridgehead atoms. The van der Waals surface area contributed by atoms with E-state index < -0.39 is 0 Å². The summed E-state index contributed by atoms with van der Waals surface area (Å²) >= 11 is 0. The van der Waals surface area contributed by atoms with Crippen LogP contribution in [0.15, 0.2) is 36.7 Å². The number of ether oxygens (including phenoxy) is 1. The summed E-state index contributed by atoms with van der Waals surface area (Å²) < 4.78 is 6.92. The largest absolute Gasteiger partial charge is 0.497 e. The Morgan fingerprint density at radius 2 is 2.12 bits per heavy atom. The van der Waals surface area contributed by atoms with E-state index in [4.69, 9.17) is 4.74 Å². The highest BCUT2D eigenvalue weighted by Crippen LogP contribution is 2.29. The Kier molecular flexibility index (Phi) is 4.16. The van der Waals surface area contributed by atoms with Crippen LogP contribution in [0.2, 0.25) is 0 Å². The van der Waals surface area contributed by atoms with E-state index in [9.17, 15) is 4.79 Å². The van der Waals surface area contributed by atoms with Crippen molar-refractivity contribution in [3.05, 3.63) is 36.7 Å². The SMILES string of the molecule is COc1ccc(-c2cc(N3CCC(NC(C)=O)C3)c3nncn3n2)cc1. The van der Waals surface area contributed by atoms with Gasteiger partial charge < -0.3 is 15.0 Å². The second-order valence-electron chi connectivity index (χ2n) is 6.37. The van der Waals surface area contributed by atoms with Gasteiger partial charge in [-0.2, -0.15) is 9.61 Å². The van der Waals surface area contributed by atoms with Crippen molar-refractivity contribution in [2.45, 2.75) is 19.4 Å². The first-order valence-electron chi connectivity index (χ1n) is 8.51. The number of methoxy groups -OCH3 is 1. The molecule has 3 aromatic rings. The van der Waals surface area contributed by atoms with Gasteiger partial charge in [-0.25, -0.2) is 0 Å². The van der Waals surface area contributed by atoms with Crippen molar-refractivity contribution in [1.82, 2.24) is 25.1 Å². The van der Waals surface area contributed by atoms with E-state index >= 15 is 0 Å². The van der Waals surface area contributed by atoms with Crippen LogP contribution in [0.1, 0.15) is 13.3 Å². The molecule has 1 atom stereocenters. The molecule has 134 valence electrons. The van der Waals surface area contributed by atoms with Gasteiger partial charge >= 0.3 is 0 Å². The molecule has 1 fully saturated rings. The third-order valence-electron chi connectivity index (χ3n) is 4.57. The number of carbonyl (C=O) groups excluding carboxylic acids is 1. The summed E-state index contributed by atoms with van der Waals surface area (Å²) in [5.41, 5.74) is 3.50. The number of nitrogens with zero attached hydrogens (tertiary/aromatic N) is 5. The highest BCUT2D eigenvalue weighted by atomic mass is 16.5. The van der Waals surface area contributed by atoms with E-state index in [0.29, 0.717) is 5.65 Å². The van der Waals surface area contributed by atoms with Gasteiger partial charge in [0.05, 0.1) is 18.5 Å². The standard InChI is InChI=1S/C18H20N6O2/c1-12(25)20-14-7-8-23(10-14)17-9-16(22-24-11-19-21-18(17)24)13-3-5-15(26-2)6-4-13/h3-6,9,11,14H,7-8,10H2,1-2H3,(H,20,25). The predicted octanol–water partition coefficient (Wildman–Crippen LogP) is 1.51. The van der Waals surface area contributed by atoms with Crippen LogP contribution >= 0.6 is 0 Å². The maximum absolute atomic E-state index is 11.3. The monoisotopic (exact) mass is 352 g/mol. The Morgan fingerprint density at radius 1 is 1.31 bits per heavy atom. The molecule has 8 nitrogen and oxygen atoms in total. The first-order chi connectivity index (χ1) is 12.6. The van der Waals surface area contributed by atoms with E-state index in [2.05, 4.69) is 25.5 Å². The first kappa shape index (κ1) is 16.3. The van der Waals surface area contributed by atoms with E-state index in [0.717, 1.165) is 42.2 Å². The maximum atomic E-state index is 11.3. The lowest BCUT2D eigenvalue weighted by Gasteiger charge is -2.20. The lowest BCUT2D eigenvalue weighted by atomic mass is 10.1. The smallest absolute Gasteiger partial charge is 0.217 e. The molecule has 8 heteroatoms. The van der Waals surface area contributed by atoms with E-state index in [1.54, 1.807) is 24.9 Å². The van der Waals surface area contributed by atoms with Crippen LogP contribution in [0.5, 0.6) is 5.75 Å². The summed E-state index contributed by atoms with van der Waals surface area (Å²) in [5, 5.41) is 15.8. The Labute approximate surface area is 150 Å². The van der Waals surface area contributed by atoms with Crippen molar-refractivity contribution in [2.24, 2.45) is 0 Å². The quantitative estimate of drug-likeness (QED) is 0.766. The van der Waals surface area contributed by atoms with Crippen LogP contribution in [0.4, 0.5) is 5.69 Å². The molecule has 0 radical (unpaired) electrons. The lowest BCUT2D eigenvalue weighted by Crippen LogP contribution is -2.35. The average molecular weight is 352 g/mol. The van der Waals surface area contributed by atoms with Crippen molar-refractivity contribution >= 4 is 17.2 Å². The van der Waals surface area contributed by atoms with Crippen molar-refractivity contribution in [1.29, 1.82) is 0 Å². The topological polar surface area (TPSA) is 84.6 Å². The van der Waals surface area contributed by atoms with Gasteiger partial charge in [0, 0.05) is 31.6 Å². The average Bonchev–Trinajstić information content (AvgIpc) is 3.29. The summed E-state index contributed by atoms with van der Waals surface area (Å²) in [7, 11) is 1.65. The number of benzene rings is 1. The number of carbonyl (C=O) groups is 1. The fourth-order valence-electron chi connectivity index (χ4n) is 3.33. The molecular formula is C18H20N6O2. The van der Waals surface area contributed by atoms with Crippen LogP contribution in [-0.2, 0) is 4.79 Å². The zero-order chi connectivity index (χ0) is 18.1. The van der Waals surface area contributed by atoms with Gasteiger partial charge in [-0.3, -0.25) is 4.79 Å². The predicted molar refractivity (Wildman–Crippen MR) is 97.2 cm³/mol.